The summed E-state index contributed by atoms with van der Waals surface area (Å²) in [5.41, 5.74) is 5.96. The van der Waals surface area contributed by atoms with Gasteiger partial charge in [-0.3, -0.25) is 4.79 Å². The van der Waals surface area contributed by atoms with E-state index < -0.39 is 0 Å². The van der Waals surface area contributed by atoms with Crippen LogP contribution in [0.1, 0.15) is 13.3 Å². The van der Waals surface area contributed by atoms with Crippen LogP contribution in [0.25, 0.3) is 0 Å². The van der Waals surface area contributed by atoms with Crippen LogP contribution in [0.4, 0.5) is 11.6 Å². The molecule has 0 aliphatic heterocycles. The molecule has 0 radical (unpaired) electrons. The first-order valence-corrected chi connectivity index (χ1v) is 6.83. The predicted molar refractivity (Wildman–Crippen MR) is 80.3 cm³/mol. The molecule has 0 aliphatic rings. The molecule has 0 saturated heterocycles. The van der Waals surface area contributed by atoms with E-state index in [1.54, 1.807) is 18.2 Å². The highest BCUT2D eigenvalue weighted by Gasteiger charge is 2.08. The number of benzene rings is 1. The number of hydrogen-bond donors (Lipinski definition) is 2. The number of anilines is 2. The lowest BCUT2D eigenvalue weighted by Gasteiger charge is -2.09. The molecule has 7 nitrogen and oxygen atoms in total. The molecule has 0 atom stereocenters. The Kier molecular flexibility index (Phi) is 4.99. The van der Waals surface area contributed by atoms with Gasteiger partial charge in [0.15, 0.2) is 0 Å². The van der Waals surface area contributed by atoms with Crippen molar-refractivity contribution in [3.05, 3.63) is 29.5 Å². The third-order valence-corrected chi connectivity index (χ3v) is 2.83. The summed E-state index contributed by atoms with van der Waals surface area (Å²) in [5, 5.41) is 7.00. The van der Waals surface area contributed by atoms with Crippen LogP contribution in [0.2, 0.25) is 5.02 Å². The summed E-state index contributed by atoms with van der Waals surface area (Å²) >= 11 is 6.09. The van der Waals surface area contributed by atoms with Crippen molar-refractivity contribution >= 4 is 29.1 Å². The van der Waals surface area contributed by atoms with Crippen LogP contribution in [0, 0.1) is 0 Å². The Morgan fingerprint density at radius 3 is 2.95 bits per heavy atom. The van der Waals surface area contributed by atoms with Gasteiger partial charge < -0.3 is 15.8 Å². The van der Waals surface area contributed by atoms with E-state index >= 15 is 0 Å². The van der Waals surface area contributed by atoms with Crippen LogP contribution in [0.3, 0.4) is 0 Å². The SMILES string of the molecule is CCCOc1ccc(NC(=O)Cn2cnc(N)n2)cc1Cl. The lowest BCUT2D eigenvalue weighted by molar-refractivity contribution is -0.116. The van der Waals surface area contributed by atoms with Gasteiger partial charge in [-0.2, -0.15) is 0 Å². The van der Waals surface area contributed by atoms with Crippen molar-refractivity contribution in [1.82, 2.24) is 14.8 Å². The molecule has 0 aliphatic carbocycles. The summed E-state index contributed by atoms with van der Waals surface area (Å²) in [5.74, 6) is 0.474. The Hall–Kier alpha value is -2.28. The van der Waals surface area contributed by atoms with Gasteiger partial charge >= 0.3 is 0 Å². The summed E-state index contributed by atoms with van der Waals surface area (Å²) in [4.78, 5) is 15.6. The molecule has 1 aromatic carbocycles. The minimum atomic E-state index is -0.252. The monoisotopic (exact) mass is 309 g/mol. The molecule has 1 heterocycles. The average molecular weight is 310 g/mol. The van der Waals surface area contributed by atoms with Crippen LogP contribution < -0.4 is 15.8 Å². The summed E-state index contributed by atoms with van der Waals surface area (Å²) in [6.45, 7) is 2.63. The zero-order valence-corrected chi connectivity index (χ0v) is 12.3. The molecule has 1 aromatic heterocycles. The summed E-state index contributed by atoms with van der Waals surface area (Å²) < 4.78 is 6.82. The predicted octanol–water partition coefficient (Wildman–Crippen LogP) is 1.94. The molecular formula is C13H16ClN5O2. The number of nitrogens with zero attached hydrogens (tertiary/aromatic N) is 3. The number of carbonyl (C=O) groups is 1. The van der Waals surface area contributed by atoms with Gasteiger partial charge in [-0.15, -0.1) is 5.10 Å². The van der Waals surface area contributed by atoms with Crippen molar-refractivity contribution in [1.29, 1.82) is 0 Å². The minimum absolute atomic E-state index is 0.0237. The lowest BCUT2D eigenvalue weighted by Crippen LogP contribution is -2.19. The molecule has 0 bridgehead atoms. The van der Waals surface area contributed by atoms with Gasteiger partial charge in [0.1, 0.15) is 18.6 Å². The number of nitrogens with two attached hydrogens (primary N) is 1. The van der Waals surface area contributed by atoms with Crippen molar-refractivity contribution in [2.24, 2.45) is 0 Å². The maximum Gasteiger partial charge on any atom is 0.246 e. The van der Waals surface area contributed by atoms with E-state index in [4.69, 9.17) is 22.1 Å². The Morgan fingerprint density at radius 2 is 2.33 bits per heavy atom. The molecule has 1 amide bonds. The van der Waals surface area contributed by atoms with E-state index in [-0.39, 0.29) is 18.4 Å². The summed E-state index contributed by atoms with van der Waals surface area (Å²) in [7, 11) is 0. The van der Waals surface area contributed by atoms with E-state index in [9.17, 15) is 4.79 Å². The van der Waals surface area contributed by atoms with Crippen LogP contribution in [-0.4, -0.2) is 27.3 Å². The first kappa shape index (κ1) is 15.1. The molecule has 0 spiro atoms. The fourth-order valence-electron chi connectivity index (χ4n) is 1.64. The second-order valence-corrected chi connectivity index (χ2v) is 4.75. The molecule has 0 saturated carbocycles. The Morgan fingerprint density at radius 1 is 1.52 bits per heavy atom. The van der Waals surface area contributed by atoms with Crippen LogP contribution in [-0.2, 0) is 11.3 Å². The zero-order valence-electron chi connectivity index (χ0n) is 11.5. The van der Waals surface area contributed by atoms with Crippen LogP contribution >= 0.6 is 11.6 Å². The molecule has 3 N–H and O–H groups in total. The van der Waals surface area contributed by atoms with Gasteiger partial charge in [0, 0.05) is 5.69 Å². The van der Waals surface area contributed by atoms with E-state index in [2.05, 4.69) is 15.4 Å². The quantitative estimate of drug-likeness (QED) is 0.850. The number of hydrogen-bond acceptors (Lipinski definition) is 5. The standard InChI is InChI=1S/C13H16ClN5O2/c1-2-5-21-11-4-3-9(6-10(11)14)17-12(20)7-19-8-16-13(15)18-19/h3-4,6,8H,2,5,7H2,1H3,(H2,15,18)(H,17,20). The maximum atomic E-state index is 11.8. The van der Waals surface area contributed by atoms with Gasteiger partial charge in [-0.05, 0) is 24.6 Å². The number of rotatable bonds is 6. The van der Waals surface area contributed by atoms with E-state index in [1.165, 1.54) is 11.0 Å². The molecule has 0 unspecified atom stereocenters. The van der Waals surface area contributed by atoms with Crippen molar-refractivity contribution in [2.75, 3.05) is 17.7 Å². The van der Waals surface area contributed by atoms with Gasteiger partial charge in [0.05, 0.1) is 11.6 Å². The Bertz CT molecular complexity index is 629. The zero-order chi connectivity index (χ0) is 15.2. The van der Waals surface area contributed by atoms with Gasteiger partial charge in [-0.25, -0.2) is 9.67 Å². The first-order chi connectivity index (χ1) is 10.1. The first-order valence-electron chi connectivity index (χ1n) is 6.45. The summed E-state index contributed by atoms with van der Waals surface area (Å²) in [6.07, 6.45) is 2.29. The van der Waals surface area contributed by atoms with Crippen molar-refractivity contribution in [3.63, 3.8) is 0 Å². The van der Waals surface area contributed by atoms with E-state index in [0.29, 0.717) is 23.1 Å². The fraction of sp³-hybridized carbons (Fsp3) is 0.308. The maximum absolute atomic E-state index is 11.8. The molecule has 21 heavy (non-hydrogen) atoms. The number of aromatic nitrogens is 3. The van der Waals surface area contributed by atoms with Crippen molar-refractivity contribution in [3.8, 4) is 5.75 Å². The van der Waals surface area contributed by atoms with E-state index in [0.717, 1.165) is 6.42 Å². The number of nitrogens with one attached hydrogen (secondary N) is 1. The minimum Gasteiger partial charge on any atom is -0.492 e. The molecule has 2 rings (SSSR count). The molecule has 0 fully saturated rings. The molecular weight excluding hydrogens is 294 g/mol. The Balaban J connectivity index is 1.96. The normalized spacial score (nSPS) is 10.4. The third kappa shape index (κ3) is 4.35. The smallest absolute Gasteiger partial charge is 0.246 e. The van der Waals surface area contributed by atoms with Crippen molar-refractivity contribution in [2.45, 2.75) is 19.9 Å². The number of ether oxygens (including phenoxy) is 1. The van der Waals surface area contributed by atoms with Crippen LogP contribution in [0.15, 0.2) is 24.5 Å². The van der Waals surface area contributed by atoms with Gasteiger partial charge in [-0.1, -0.05) is 18.5 Å². The Labute approximate surface area is 127 Å². The number of carbonyl (C=O) groups excluding carboxylic acids is 1. The highest BCUT2D eigenvalue weighted by molar-refractivity contribution is 6.32. The highest BCUT2D eigenvalue weighted by Crippen LogP contribution is 2.27. The summed E-state index contributed by atoms with van der Waals surface area (Å²) in [6, 6.07) is 5.09. The number of amides is 1. The van der Waals surface area contributed by atoms with Crippen LogP contribution in [0.5, 0.6) is 5.75 Å². The second-order valence-electron chi connectivity index (χ2n) is 4.34. The number of nitrogen functional groups attached to an aromatic ring is 1. The van der Waals surface area contributed by atoms with Crippen molar-refractivity contribution < 1.29 is 9.53 Å². The average Bonchev–Trinajstić information content (AvgIpc) is 2.83. The molecule has 8 heteroatoms. The highest BCUT2D eigenvalue weighted by atomic mass is 35.5. The largest absolute Gasteiger partial charge is 0.492 e. The molecule has 112 valence electrons. The van der Waals surface area contributed by atoms with E-state index in [1.807, 2.05) is 6.92 Å². The van der Waals surface area contributed by atoms with Gasteiger partial charge in [0.25, 0.3) is 0 Å². The third-order valence-electron chi connectivity index (χ3n) is 2.54. The lowest BCUT2D eigenvalue weighted by atomic mass is 10.3. The fourth-order valence-corrected chi connectivity index (χ4v) is 1.88. The molecule has 2 aromatic rings. The number of halogens is 1. The topological polar surface area (TPSA) is 95.1 Å². The van der Waals surface area contributed by atoms with Gasteiger partial charge in [0.2, 0.25) is 11.9 Å². The second kappa shape index (κ2) is 6.94.